The fraction of sp³-hybridized carbons (Fsp3) is 0.0476. The molecule has 9 aromatic rings. The Morgan fingerprint density at radius 2 is 0.739 bits per heavy atom. The molecule has 0 bridgehead atoms. The Hall–Kier alpha value is -6.00. The summed E-state index contributed by atoms with van der Waals surface area (Å²) >= 11 is 0. The molecule has 0 unspecified atom stereocenters. The van der Waals surface area contributed by atoms with E-state index in [0.29, 0.717) is 0 Å². The predicted molar refractivity (Wildman–Crippen MR) is 191 cm³/mol. The molecule has 46 heavy (non-hydrogen) atoms. The normalized spacial score (nSPS) is 11.7. The van der Waals surface area contributed by atoms with Crippen LogP contribution >= 0.6 is 0 Å². The quantitative estimate of drug-likeness (QED) is 0.204. The van der Waals surface area contributed by atoms with Crippen LogP contribution in [0, 0.1) is 13.8 Å². The van der Waals surface area contributed by atoms with Gasteiger partial charge in [-0.3, -0.25) is 9.97 Å². The number of aromatic nitrogens is 4. The lowest BCUT2D eigenvalue weighted by Gasteiger charge is -2.22. The van der Waals surface area contributed by atoms with Crippen LogP contribution in [0.5, 0.6) is 0 Å². The highest BCUT2D eigenvalue weighted by Gasteiger charge is 2.23. The summed E-state index contributed by atoms with van der Waals surface area (Å²) in [6, 6.07) is 44.0. The van der Waals surface area contributed by atoms with Gasteiger partial charge >= 0.3 is 0 Å². The summed E-state index contributed by atoms with van der Waals surface area (Å²) in [6.45, 7) is 4.30. The first kappa shape index (κ1) is 26.4. The maximum absolute atomic E-state index is 4.46. The Morgan fingerprint density at radius 1 is 0.391 bits per heavy atom. The summed E-state index contributed by atoms with van der Waals surface area (Å²) in [4.78, 5) is 8.93. The Labute approximate surface area is 266 Å². The number of hydrogen-bond acceptors (Lipinski definition) is 2. The summed E-state index contributed by atoms with van der Waals surface area (Å²) in [7, 11) is 0. The zero-order valence-electron chi connectivity index (χ0n) is 25.6. The first-order valence-corrected chi connectivity index (χ1v) is 15.7. The lowest BCUT2D eigenvalue weighted by atomic mass is 9.92. The minimum Gasteiger partial charge on any atom is -0.309 e. The van der Waals surface area contributed by atoms with Crippen LogP contribution in [0.1, 0.15) is 11.1 Å². The molecular weight excluding hydrogens is 560 g/mol. The molecular formula is C42H30N4. The molecule has 4 heterocycles. The van der Waals surface area contributed by atoms with Gasteiger partial charge in [0.15, 0.2) is 0 Å². The van der Waals surface area contributed by atoms with Crippen molar-refractivity contribution in [3.8, 4) is 33.6 Å². The summed E-state index contributed by atoms with van der Waals surface area (Å²) < 4.78 is 4.89. The standard InChI is InChI=1S/C42H30N4/c1-27-25-43-21-19-29(27)35-23-36(30-20-22-44-26-28(30)2)42(46-39-17-9-5-13-33(39)34-14-6-10-18-40(34)46)24-41(35)45-37-15-7-3-11-31(37)32-12-4-8-16-38(32)45/h3-26H,1-2H3. The van der Waals surface area contributed by atoms with Gasteiger partial charge in [-0.1, -0.05) is 72.8 Å². The summed E-state index contributed by atoms with van der Waals surface area (Å²) in [5.41, 5.74) is 13.9. The van der Waals surface area contributed by atoms with Crippen molar-refractivity contribution in [3.63, 3.8) is 0 Å². The van der Waals surface area contributed by atoms with Crippen molar-refractivity contribution in [3.05, 3.63) is 157 Å². The molecule has 0 fully saturated rings. The summed E-state index contributed by atoms with van der Waals surface area (Å²) in [6.07, 6.45) is 7.72. The molecule has 0 aliphatic heterocycles. The van der Waals surface area contributed by atoms with Crippen LogP contribution in [0.3, 0.4) is 0 Å². The molecule has 0 spiro atoms. The van der Waals surface area contributed by atoms with E-state index in [-0.39, 0.29) is 0 Å². The Morgan fingerprint density at radius 3 is 1.09 bits per heavy atom. The zero-order valence-corrected chi connectivity index (χ0v) is 25.6. The monoisotopic (exact) mass is 590 g/mol. The summed E-state index contributed by atoms with van der Waals surface area (Å²) in [5, 5.41) is 4.96. The highest BCUT2D eigenvalue weighted by atomic mass is 15.0. The van der Waals surface area contributed by atoms with Gasteiger partial charge in [-0.25, -0.2) is 0 Å². The first-order chi connectivity index (χ1) is 22.7. The third kappa shape index (κ3) is 3.87. The number of para-hydroxylation sites is 4. The van der Waals surface area contributed by atoms with Gasteiger partial charge in [-0.15, -0.1) is 0 Å². The molecule has 4 aromatic heterocycles. The molecule has 0 saturated carbocycles. The average Bonchev–Trinajstić information content (AvgIpc) is 3.61. The van der Waals surface area contributed by atoms with Crippen molar-refractivity contribution in [1.82, 2.24) is 19.1 Å². The number of nitrogens with zero attached hydrogens (tertiary/aromatic N) is 4. The topological polar surface area (TPSA) is 35.6 Å². The van der Waals surface area contributed by atoms with Crippen molar-refractivity contribution in [2.24, 2.45) is 0 Å². The molecule has 0 aliphatic carbocycles. The van der Waals surface area contributed by atoms with Gasteiger partial charge < -0.3 is 9.13 Å². The molecule has 9 rings (SSSR count). The SMILES string of the molecule is Cc1cnccc1-c1cc(-c2ccncc2C)c(-n2c3ccccc3c3ccccc32)cc1-n1c2ccccc2c2ccccc21. The highest BCUT2D eigenvalue weighted by molar-refractivity contribution is 6.11. The molecule has 0 saturated heterocycles. The predicted octanol–water partition coefficient (Wildman–Crippen LogP) is 10.6. The minimum absolute atomic E-state index is 1.12. The fourth-order valence-electron chi connectivity index (χ4n) is 7.29. The second-order valence-electron chi connectivity index (χ2n) is 12.0. The third-order valence-corrected chi connectivity index (χ3v) is 9.38. The Balaban J connectivity index is 1.51. The van der Waals surface area contributed by atoms with E-state index < -0.39 is 0 Å². The van der Waals surface area contributed by atoms with Crippen molar-refractivity contribution in [2.75, 3.05) is 0 Å². The average molecular weight is 591 g/mol. The second kappa shape index (κ2) is 10.3. The van der Waals surface area contributed by atoms with Gasteiger partial charge in [0.25, 0.3) is 0 Å². The van der Waals surface area contributed by atoms with Crippen LogP contribution in [-0.2, 0) is 0 Å². The minimum atomic E-state index is 1.12. The lowest BCUT2D eigenvalue weighted by Crippen LogP contribution is -2.05. The molecule has 0 aliphatic rings. The smallest absolute Gasteiger partial charge is 0.0561 e. The molecule has 0 N–H and O–H groups in total. The Bertz CT molecular complexity index is 2340. The van der Waals surface area contributed by atoms with E-state index >= 15 is 0 Å². The number of aryl methyl sites for hydroxylation is 2. The van der Waals surface area contributed by atoms with Gasteiger partial charge in [0.05, 0.1) is 33.4 Å². The van der Waals surface area contributed by atoms with Gasteiger partial charge in [0, 0.05) is 57.5 Å². The summed E-state index contributed by atoms with van der Waals surface area (Å²) in [5.74, 6) is 0. The van der Waals surface area contributed by atoms with Crippen LogP contribution in [0.2, 0.25) is 0 Å². The molecule has 218 valence electrons. The lowest BCUT2D eigenvalue weighted by molar-refractivity contribution is 1.13. The van der Waals surface area contributed by atoms with Crippen LogP contribution in [-0.4, -0.2) is 19.1 Å². The van der Waals surface area contributed by atoms with Crippen LogP contribution in [0.25, 0.3) is 77.2 Å². The molecule has 4 heteroatoms. The maximum Gasteiger partial charge on any atom is 0.0561 e. The van der Waals surface area contributed by atoms with Crippen LogP contribution in [0.15, 0.2) is 146 Å². The molecule has 4 nitrogen and oxygen atoms in total. The van der Waals surface area contributed by atoms with E-state index in [1.54, 1.807) is 0 Å². The number of pyridine rings is 2. The third-order valence-electron chi connectivity index (χ3n) is 9.38. The second-order valence-corrected chi connectivity index (χ2v) is 12.0. The molecule has 0 amide bonds. The van der Waals surface area contributed by atoms with Crippen LogP contribution < -0.4 is 0 Å². The first-order valence-electron chi connectivity index (χ1n) is 15.7. The number of fused-ring (bicyclic) bond motifs is 6. The highest BCUT2D eigenvalue weighted by Crippen LogP contribution is 2.44. The van der Waals surface area contributed by atoms with Crippen LogP contribution in [0.4, 0.5) is 0 Å². The van der Waals surface area contributed by atoms with Gasteiger partial charge in [0.2, 0.25) is 0 Å². The maximum atomic E-state index is 4.46. The largest absolute Gasteiger partial charge is 0.309 e. The van der Waals surface area contributed by atoms with Gasteiger partial charge in [0.1, 0.15) is 0 Å². The van der Waals surface area contributed by atoms with Gasteiger partial charge in [-0.05, 0) is 84.6 Å². The number of hydrogen-bond donors (Lipinski definition) is 0. The van der Waals surface area contributed by atoms with Crippen molar-refractivity contribution >= 4 is 43.6 Å². The molecule has 0 radical (unpaired) electrons. The van der Waals surface area contributed by atoms with E-state index in [4.69, 9.17) is 0 Å². The molecule has 5 aromatic carbocycles. The number of rotatable bonds is 4. The van der Waals surface area contributed by atoms with E-state index in [1.807, 2.05) is 24.8 Å². The van der Waals surface area contributed by atoms with Crippen molar-refractivity contribution < 1.29 is 0 Å². The zero-order chi connectivity index (χ0) is 30.8. The van der Waals surface area contributed by atoms with E-state index in [9.17, 15) is 0 Å². The van der Waals surface area contributed by atoms with E-state index in [0.717, 1.165) is 44.8 Å². The fourth-order valence-corrected chi connectivity index (χ4v) is 7.29. The van der Waals surface area contributed by atoms with Crippen molar-refractivity contribution in [1.29, 1.82) is 0 Å². The van der Waals surface area contributed by atoms with E-state index in [1.165, 1.54) is 43.6 Å². The van der Waals surface area contributed by atoms with Gasteiger partial charge in [-0.2, -0.15) is 0 Å². The molecule has 0 atom stereocenters. The Kier molecular flexibility index (Phi) is 5.90. The van der Waals surface area contributed by atoms with E-state index in [2.05, 4.69) is 154 Å². The number of benzene rings is 5. The van der Waals surface area contributed by atoms with Crippen molar-refractivity contribution in [2.45, 2.75) is 13.8 Å².